The zero-order valence-corrected chi connectivity index (χ0v) is 13.8. The average molecular weight is 290 g/mol. The lowest BCUT2D eigenvalue weighted by Crippen LogP contribution is -2.17. The Morgan fingerprint density at radius 3 is 2.14 bits per heavy atom. The molecule has 1 atom stereocenters. The smallest absolute Gasteiger partial charge is 0.102 e. The maximum absolute atomic E-state index is 10.3. The number of aliphatic hydroxyl groups is 1. The van der Waals surface area contributed by atoms with Crippen molar-refractivity contribution in [2.45, 2.75) is 76.9 Å². The Morgan fingerprint density at radius 1 is 1.05 bits per heavy atom. The molecule has 0 amide bonds. The van der Waals surface area contributed by atoms with Crippen LogP contribution in [-0.2, 0) is 10.2 Å². The molecule has 0 saturated heterocycles. The van der Waals surface area contributed by atoms with Crippen LogP contribution in [0.3, 0.4) is 0 Å². The lowest BCUT2D eigenvalue weighted by Gasteiger charge is -2.21. The Hall–Kier alpha value is -0.860. The van der Waals surface area contributed by atoms with Gasteiger partial charge in [-0.15, -0.1) is 0 Å². The Morgan fingerprint density at radius 2 is 1.62 bits per heavy atom. The van der Waals surface area contributed by atoms with Gasteiger partial charge in [-0.1, -0.05) is 70.7 Å². The van der Waals surface area contributed by atoms with Crippen molar-refractivity contribution in [1.29, 1.82) is 0 Å². The second-order valence-corrected chi connectivity index (χ2v) is 7.33. The summed E-state index contributed by atoms with van der Waals surface area (Å²) in [6.07, 6.45) is 7.32. The van der Waals surface area contributed by atoms with Gasteiger partial charge >= 0.3 is 0 Å². The molecule has 1 aliphatic carbocycles. The number of benzene rings is 1. The number of aliphatic hydroxyl groups excluding tert-OH is 1. The summed E-state index contributed by atoms with van der Waals surface area (Å²) in [7, 11) is 0. The highest BCUT2D eigenvalue weighted by Gasteiger charge is 2.17. The normalized spacial score (nSPS) is 19.2. The van der Waals surface area contributed by atoms with Crippen LogP contribution in [0.15, 0.2) is 24.3 Å². The molecule has 0 heterocycles. The molecule has 0 aromatic heterocycles. The molecular weight excluding hydrogens is 260 g/mol. The van der Waals surface area contributed by atoms with E-state index in [-0.39, 0.29) is 5.41 Å². The minimum absolute atomic E-state index is 0.153. The van der Waals surface area contributed by atoms with Crippen molar-refractivity contribution in [1.82, 2.24) is 0 Å². The van der Waals surface area contributed by atoms with E-state index in [0.29, 0.717) is 12.7 Å². The molecule has 1 aromatic rings. The van der Waals surface area contributed by atoms with Crippen LogP contribution >= 0.6 is 0 Å². The first-order valence-electron chi connectivity index (χ1n) is 8.37. The topological polar surface area (TPSA) is 29.5 Å². The molecule has 1 unspecified atom stereocenters. The Labute approximate surface area is 129 Å². The van der Waals surface area contributed by atoms with Gasteiger partial charge in [-0.3, -0.25) is 0 Å². The van der Waals surface area contributed by atoms with Crippen molar-refractivity contribution >= 4 is 0 Å². The summed E-state index contributed by atoms with van der Waals surface area (Å²) in [5.74, 6) is 0. The quantitative estimate of drug-likeness (QED) is 0.810. The molecule has 2 rings (SSSR count). The minimum Gasteiger partial charge on any atom is -0.386 e. The second-order valence-electron chi connectivity index (χ2n) is 7.33. The molecule has 118 valence electrons. The predicted molar refractivity (Wildman–Crippen MR) is 87.5 cm³/mol. The van der Waals surface area contributed by atoms with Crippen LogP contribution in [-0.4, -0.2) is 17.8 Å². The van der Waals surface area contributed by atoms with Crippen LogP contribution in [0.4, 0.5) is 0 Å². The summed E-state index contributed by atoms with van der Waals surface area (Å²) in [4.78, 5) is 0. The van der Waals surface area contributed by atoms with Gasteiger partial charge in [0.25, 0.3) is 0 Å². The van der Waals surface area contributed by atoms with Crippen molar-refractivity contribution in [2.24, 2.45) is 0 Å². The zero-order valence-electron chi connectivity index (χ0n) is 13.8. The van der Waals surface area contributed by atoms with Gasteiger partial charge in [0.1, 0.15) is 6.10 Å². The fraction of sp³-hybridized carbons (Fsp3) is 0.684. The molecular formula is C19H30O2. The van der Waals surface area contributed by atoms with Crippen molar-refractivity contribution in [3.05, 3.63) is 35.4 Å². The molecule has 0 bridgehead atoms. The van der Waals surface area contributed by atoms with E-state index < -0.39 is 6.10 Å². The fourth-order valence-corrected chi connectivity index (χ4v) is 2.94. The van der Waals surface area contributed by atoms with Gasteiger partial charge in [0.2, 0.25) is 0 Å². The number of ether oxygens (including phenoxy) is 1. The highest BCUT2D eigenvalue weighted by Crippen LogP contribution is 2.25. The first kappa shape index (κ1) is 16.5. The van der Waals surface area contributed by atoms with Crippen LogP contribution in [0.1, 0.15) is 76.5 Å². The van der Waals surface area contributed by atoms with E-state index in [1.54, 1.807) is 0 Å². The van der Waals surface area contributed by atoms with E-state index in [4.69, 9.17) is 4.74 Å². The summed E-state index contributed by atoms with van der Waals surface area (Å²) < 4.78 is 5.93. The standard InChI is InChI=1S/C19H30O2/c1-19(2,3)16-12-10-15(11-13-16)18(20)14-21-17-8-6-4-5-7-9-17/h10-13,17-18,20H,4-9,14H2,1-3H3. The monoisotopic (exact) mass is 290 g/mol. The minimum atomic E-state index is -0.512. The molecule has 1 aromatic carbocycles. The maximum Gasteiger partial charge on any atom is 0.102 e. The SMILES string of the molecule is CC(C)(C)c1ccc(C(O)COC2CCCCCC2)cc1. The van der Waals surface area contributed by atoms with Gasteiger partial charge in [-0.2, -0.15) is 0 Å². The third kappa shape index (κ3) is 5.12. The molecule has 1 aliphatic rings. The molecule has 0 aliphatic heterocycles. The molecule has 1 saturated carbocycles. The third-order valence-corrected chi connectivity index (χ3v) is 4.45. The van der Waals surface area contributed by atoms with Gasteiger partial charge in [0, 0.05) is 0 Å². The predicted octanol–water partition coefficient (Wildman–Crippen LogP) is 4.76. The molecule has 0 radical (unpaired) electrons. The van der Waals surface area contributed by atoms with Crippen LogP contribution < -0.4 is 0 Å². The summed E-state index contributed by atoms with van der Waals surface area (Å²) >= 11 is 0. The van der Waals surface area contributed by atoms with Crippen LogP contribution in [0.5, 0.6) is 0 Å². The number of hydrogen-bond acceptors (Lipinski definition) is 2. The van der Waals surface area contributed by atoms with E-state index in [9.17, 15) is 5.11 Å². The van der Waals surface area contributed by atoms with Crippen LogP contribution in [0.25, 0.3) is 0 Å². The van der Waals surface area contributed by atoms with Gasteiger partial charge in [0.05, 0.1) is 12.7 Å². The zero-order chi connectivity index (χ0) is 15.3. The molecule has 21 heavy (non-hydrogen) atoms. The van der Waals surface area contributed by atoms with Gasteiger partial charge in [0.15, 0.2) is 0 Å². The summed E-state index contributed by atoms with van der Waals surface area (Å²) in [6, 6.07) is 8.29. The fourth-order valence-electron chi connectivity index (χ4n) is 2.94. The molecule has 1 N–H and O–H groups in total. The average Bonchev–Trinajstić information content (AvgIpc) is 2.72. The lowest BCUT2D eigenvalue weighted by atomic mass is 9.86. The molecule has 1 fully saturated rings. The van der Waals surface area contributed by atoms with Gasteiger partial charge in [-0.05, 0) is 29.4 Å². The van der Waals surface area contributed by atoms with Crippen molar-refractivity contribution < 1.29 is 9.84 Å². The third-order valence-electron chi connectivity index (χ3n) is 4.45. The maximum atomic E-state index is 10.3. The summed E-state index contributed by atoms with van der Waals surface area (Å²) in [6.45, 7) is 7.02. The largest absolute Gasteiger partial charge is 0.386 e. The van der Waals surface area contributed by atoms with Crippen molar-refractivity contribution in [3.8, 4) is 0 Å². The van der Waals surface area contributed by atoms with E-state index >= 15 is 0 Å². The van der Waals surface area contributed by atoms with Crippen molar-refractivity contribution in [3.63, 3.8) is 0 Å². The van der Waals surface area contributed by atoms with Crippen molar-refractivity contribution in [2.75, 3.05) is 6.61 Å². The Balaban J connectivity index is 1.86. The summed E-state index contributed by atoms with van der Waals surface area (Å²) in [5, 5.41) is 10.3. The second kappa shape index (κ2) is 7.42. The number of hydrogen-bond donors (Lipinski definition) is 1. The van der Waals surface area contributed by atoms with Gasteiger partial charge < -0.3 is 9.84 Å². The lowest BCUT2D eigenvalue weighted by molar-refractivity contribution is -0.0159. The molecule has 2 heteroatoms. The summed E-state index contributed by atoms with van der Waals surface area (Å²) in [5.41, 5.74) is 2.40. The Bertz CT molecular complexity index is 408. The Kier molecular flexibility index (Phi) is 5.83. The highest BCUT2D eigenvalue weighted by atomic mass is 16.5. The van der Waals surface area contributed by atoms with E-state index in [1.807, 2.05) is 12.1 Å². The molecule has 0 spiro atoms. The van der Waals surface area contributed by atoms with Gasteiger partial charge in [-0.25, -0.2) is 0 Å². The van der Waals surface area contributed by atoms with E-state index in [1.165, 1.54) is 31.2 Å². The first-order valence-corrected chi connectivity index (χ1v) is 8.37. The highest BCUT2D eigenvalue weighted by molar-refractivity contribution is 5.28. The van der Waals surface area contributed by atoms with Crippen LogP contribution in [0.2, 0.25) is 0 Å². The van der Waals surface area contributed by atoms with Crippen LogP contribution in [0, 0.1) is 0 Å². The van der Waals surface area contributed by atoms with E-state index in [2.05, 4.69) is 32.9 Å². The first-order chi connectivity index (χ1) is 9.97. The number of rotatable bonds is 4. The van der Waals surface area contributed by atoms with E-state index in [0.717, 1.165) is 18.4 Å². The molecule has 2 nitrogen and oxygen atoms in total.